The number of benzene rings is 3. The Bertz CT molecular complexity index is 1470. The van der Waals surface area contributed by atoms with Gasteiger partial charge in [0.25, 0.3) is 5.91 Å². The fourth-order valence-electron chi connectivity index (χ4n) is 5.48. The highest BCUT2D eigenvalue weighted by molar-refractivity contribution is 6.10. The first kappa shape index (κ1) is 24.2. The maximum atomic E-state index is 12.7. The molecule has 7 nitrogen and oxygen atoms in total. The van der Waals surface area contributed by atoms with Crippen molar-refractivity contribution in [1.82, 2.24) is 10.2 Å². The van der Waals surface area contributed by atoms with Gasteiger partial charge in [0.15, 0.2) is 0 Å². The average molecular weight is 507 g/mol. The van der Waals surface area contributed by atoms with E-state index in [-0.39, 0.29) is 11.5 Å². The van der Waals surface area contributed by atoms with Crippen molar-refractivity contribution < 1.29 is 14.7 Å². The largest absolute Gasteiger partial charge is 0.478 e. The molecule has 3 aromatic carbocycles. The Morgan fingerprint density at radius 3 is 1.89 bits per heavy atom. The highest BCUT2D eigenvalue weighted by Crippen LogP contribution is 2.32. The molecule has 2 N–H and O–H groups in total. The lowest BCUT2D eigenvalue weighted by molar-refractivity contribution is 0.0696. The second kappa shape index (κ2) is 10.3. The van der Waals surface area contributed by atoms with Crippen molar-refractivity contribution in [3.8, 4) is 0 Å². The average Bonchev–Trinajstić information content (AvgIpc) is 3.57. The molecule has 192 valence electrons. The van der Waals surface area contributed by atoms with Crippen molar-refractivity contribution in [2.45, 2.75) is 32.1 Å². The van der Waals surface area contributed by atoms with Crippen molar-refractivity contribution >= 4 is 34.7 Å². The van der Waals surface area contributed by atoms with E-state index in [1.165, 1.54) is 19.3 Å². The molecule has 3 aliphatic heterocycles. The molecule has 6 rings (SSSR count). The molecule has 38 heavy (non-hydrogen) atoms. The van der Waals surface area contributed by atoms with Gasteiger partial charge < -0.3 is 15.3 Å². The molecule has 1 amide bonds. The van der Waals surface area contributed by atoms with Gasteiger partial charge in [-0.2, -0.15) is 0 Å². The first-order valence-corrected chi connectivity index (χ1v) is 13.3. The van der Waals surface area contributed by atoms with Crippen LogP contribution in [0.25, 0.3) is 0 Å². The quantitative estimate of drug-likeness (QED) is 0.474. The number of hydrogen-bond donors (Lipinski definition) is 2. The summed E-state index contributed by atoms with van der Waals surface area (Å²) in [6.07, 6.45) is 5.12. The second-order valence-electron chi connectivity index (χ2n) is 10.2. The molecule has 0 spiro atoms. The highest BCUT2D eigenvalue weighted by atomic mass is 16.4. The van der Waals surface area contributed by atoms with Crippen LogP contribution in [0.15, 0.2) is 70.6 Å². The molecule has 3 aliphatic rings. The summed E-state index contributed by atoms with van der Waals surface area (Å²) in [6.45, 7) is 3.83. The van der Waals surface area contributed by atoms with E-state index in [9.17, 15) is 14.7 Å². The highest BCUT2D eigenvalue weighted by Gasteiger charge is 2.21. The van der Waals surface area contributed by atoms with Crippen molar-refractivity contribution in [2.24, 2.45) is 9.98 Å². The number of fused-ring (bicyclic) bond motifs is 2. The summed E-state index contributed by atoms with van der Waals surface area (Å²) in [6, 6.07) is 19.0. The second-order valence-corrected chi connectivity index (χ2v) is 10.2. The van der Waals surface area contributed by atoms with E-state index in [4.69, 9.17) is 9.98 Å². The van der Waals surface area contributed by atoms with Crippen LogP contribution >= 0.6 is 0 Å². The first-order valence-electron chi connectivity index (χ1n) is 13.3. The molecule has 0 unspecified atom stereocenters. The third-order valence-electron chi connectivity index (χ3n) is 7.61. The molecule has 1 saturated heterocycles. The van der Waals surface area contributed by atoms with Crippen LogP contribution in [0.3, 0.4) is 0 Å². The van der Waals surface area contributed by atoms with E-state index in [0.717, 1.165) is 64.7 Å². The maximum absolute atomic E-state index is 12.7. The molecular formula is C31H30N4O3. The minimum atomic E-state index is -0.926. The zero-order valence-electron chi connectivity index (χ0n) is 21.2. The number of carboxylic acid groups (broad SMARTS) is 1. The monoisotopic (exact) mass is 506 g/mol. The van der Waals surface area contributed by atoms with Gasteiger partial charge in [-0.1, -0.05) is 30.7 Å². The number of likely N-dealkylation sites (tertiary alicyclic amines) is 1. The van der Waals surface area contributed by atoms with Crippen molar-refractivity contribution in [1.29, 1.82) is 0 Å². The number of nitrogens with one attached hydrogen (secondary N) is 1. The van der Waals surface area contributed by atoms with Crippen LogP contribution < -0.4 is 5.32 Å². The Labute approximate surface area is 221 Å². The number of amides is 1. The first-order chi connectivity index (χ1) is 18.5. The topological polar surface area (TPSA) is 94.4 Å². The minimum absolute atomic E-state index is 0.0311. The van der Waals surface area contributed by atoms with Crippen molar-refractivity contribution in [3.05, 3.63) is 94.0 Å². The van der Waals surface area contributed by atoms with Gasteiger partial charge in [0.05, 0.1) is 28.4 Å². The van der Waals surface area contributed by atoms with Gasteiger partial charge in [0, 0.05) is 31.5 Å². The molecule has 0 saturated carbocycles. The molecule has 0 aliphatic carbocycles. The predicted molar refractivity (Wildman–Crippen MR) is 149 cm³/mol. The van der Waals surface area contributed by atoms with E-state index in [1.807, 2.05) is 30.3 Å². The van der Waals surface area contributed by atoms with Gasteiger partial charge in [-0.15, -0.1) is 0 Å². The number of rotatable bonds is 7. The SMILES string of the molecule is O=C(O)c1ccc2c(c1)CC(c1ccc(C3=Nc4ccc(C(=O)NCCN5CCCCC5)cc4C3)cc1)=N2. The van der Waals surface area contributed by atoms with Crippen molar-refractivity contribution in [2.75, 3.05) is 26.2 Å². The van der Waals surface area contributed by atoms with Gasteiger partial charge in [-0.3, -0.25) is 14.8 Å². The molecule has 1 fully saturated rings. The summed E-state index contributed by atoms with van der Waals surface area (Å²) < 4.78 is 0. The van der Waals surface area contributed by atoms with E-state index in [0.29, 0.717) is 24.9 Å². The summed E-state index contributed by atoms with van der Waals surface area (Å²) in [7, 11) is 0. The number of hydrogen-bond acceptors (Lipinski definition) is 5. The lowest BCUT2D eigenvalue weighted by atomic mass is 9.99. The maximum Gasteiger partial charge on any atom is 0.335 e. The molecular weight excluding hydrogens is 476 g/mol. The van der Waals surface area contributed by atoms with Gasteiger partial charge in [0.1, 0.15) is 0 Å². The summed E-state index contributed by atoms with van der Waals surface area (Å²) in [5.41, 5.74) is 8.69. The zero-order valence-corrected chi connectivity index (χ0v) is 21.2. The Balaban J connectivity index is 1.07. The standard InChI is InChI=1S/C31H30N4O3/c36-30(32-12-15-35-13-2-1-3-14-35)22-8-10-26-24(16-22)18-28(33-26)20-4-6-21(7-5-20)29-19-25-17-23(31(37)38)9-11-27(25)34-29/h4-11,16-17H,1-3,12-15,18-19H2,(H,32,36)(H,37,38). The minimum Gasteiger partial charge on any atom is -0.478 e. The molecule has 0 aromatic heterocycles. The number of aliphatic imine (C=N–C) groups is 2. The third-order valence-corrected chi connectivity index (χ3v) is 7.61. The Morgan fingerprint density at radius 2 is 1.32 bits per heavy atom. The Morgan fingerprint density at radius 1 is 0.763 bits per heavy atom. The van der Waals surface area contributed by atoms with Gasteiger partial charge in [-0.05, 0) is 84.6 Å². The van der Waals surface area contributed by atoms with Crippen LogP contribution in [0.5, 0.6) is 0 Å². The number of carboxylic acids is 1. The number of piperidine rings is 1. The summed E-state index contributed by atoms with van der Waals surface area (Å²) >= 11 is 0. The van der Waals surface area contributed by atoms with Crippen LogP contribution in [0.2, 0.25) is 0 Å². The van der Waals surface area contributed by atoms with E-state index >= 15 is 0 Å². The molecule has 7 heteroatoms. The zero-order chi connectivity index (χ0) is 26.1. The lowest BCUT2D eigenvalue weighted by Crippen LogP contribution is -2.37. The number of carbonyl (C=O) groups is 2. The lowest BCUT2D eigenvalue weighted by Gasteiger charge is -2.26. The van der Waals surface area contributed by atoms with Crippen LogP contribution in [-0.2, 0) is 12.8 Å². The summed E-state index contributed by atoms with van der Waals surface area (Å²) in [5.74, 6) is -0.957. The normalized spacial score (nSPS) is 16.4. The fourth-order valence-corrected chi connectivity index (χ4v) is 5.48. The number of carbonyl (C=O) groups excluding carboxylic acids is 1. The van der Waals surface area contributed by atoms with E-state index in [2.05, 4.69) is 22.3 Å². The molecule has 0 radical (unpaired) electrons. The van der Waals surface area contributed by atoms with Gasteiger partial charge in [-0.25, -0.2) is 4.79 Å². The summed E-state index contributed by atoms with van der Waals surface area (Å²) in [5, 5.41) is 12.3. The molecule has 0 atom stereocenters. The van der Waals surface area contributed by atoms with Crippen molar-refractivity contribution in [3.63, 3.8) is 0 Å². The van der Waals surface area contributed by atoms with Crippen LogP contribution in [0.4, 0.5) is 11.4 Å². The van der Waals surface area contributed by atoms with Crippen LogP contribution in [0, 0.1) is 0 Å². The number of nitrogens with zero attached hydrogens (tertiary/aromatic N) is 3. The fraction of sp³-hybridized carbons (Fsp3) is 0.290. The van der Waals surface area contributed by atoms with Gasteiger partial charge >= 0.3 is 5.97 Å². The summed E-state index contributed by atoms with van der Waals surface area (Å²) in [4.78, 5) is 36.0. The van der Waals surface area contributed by atoms with Crippen LogP contribution in [-0.4, -0.2) is 59.5 Å². The predicted octanol–water partition coefficient (Wildman–Crippen LogP) is 4.95. The number of aromatic carboxylic acids is 1. The van der Waals surface area contributed by atoms with Crippen LogP contribution in [0.1, 0.15) is 62.2 Å². The van der Waals surface area contributed by atoms with Gasteiger partial charge in [0.2, 0.25) is 0 Å². The smallest absolute Gasteiger partial charge is 0.335 e. The molecule has 3 aromatic rings. The van der Waals surface area contributed by atoms with E-state index < -0.39 is 5.97 Å². The Hall–Kier alpha value is -4.10. The Kier molecular flexibility index (Phi) is 6.60. The molecule has 0 bridgehead atoms. The van der Waals surface area contributed by atoms with E-state index in [1.54, 1.807) is 18.2 Å². The third kappa shape index (κ3) is 5.02. The molecule has 3 heterocycles.